The Bertz CT molecular complexity index is 979. The Labute approximate surface area is 163 Å². The molecule has 28 heavy (non-hydrogen) atoms. The average molecular weight is 408 g/mol. The summed E-state index contributed by atoms with van der Waals surface area (Å²) in [6, 6.07) is 13.9. The largest absolute Gasteiger partial charge is 0.573 e. The van der Waals surface area contributed by atoms with Gasteiger partial charge in [0.1, 0.15) is 23.0 Å². The SMILES string of the molecule is O=CCc1cccc(-c2nc(Cl)cc(Nc3ccc(OC(F)(F)F)cc3)n2)c1. The zero-order valence-corrected chi connectivity index (χ0v) is 15.0. The van der Waals surface area contributed by atoms with Crippen LogP contribution in [0.15, 0.2) is 54.6 Å². The highest BCUT2D eigenvalue weighted by molar-refractivity contribution is 6.29. The van der Waals surface area contributed by atoms with E-state index < -0.39 is 6.36 Å². The Morgan fingerprint density at radius 1 is 1.07 bits per heavy atom. The van der Waals surface area contributed by atoms with Crippen molar-refractivity contribution in [2.24, 2.45) is 0 Å². The number of ether oxygens (including phenoxy) is 1. The van der Waals surface area contributed by atoms with Gasteiger partial charge in [-0.1, -0.05) is 29.8 Å². The monoisotopic (exact) mass is 407 g/mol. The number of alkyl halides is 3. The minimum absolute atomic E-state index is 0.185. The van der Waals surface area contributed by atoms with Gasteiger partial charge in [-0.05, 0) is 35.9 Å². The first-order valence-electron chi connectivity index (χ1n) is 8.03. The minimum atomic E-state index is -4.75. The van der Waals surface area contributed by atoms with Crippen LogP contribution in [-0.4, -0.2) is 22.6 Å². The average Bonchev–Trinajstić information content (AvgIpc) is 2.62. The van der Waals surface area contributed by atoms with E-state index in [1.807, 2.05) is 6.07 Å². The number of hydrogen-bond acceptors (Lipinski definition) is 5. The summed E-state index contributed by atoms with van der Waals surface area (Å²) in [5.74, 6) is 0.381. The number of benzene rings is 2. The lowest BCUT2D eigenvalue weighted by Crippen LogP contribution is -2.16. The van der Waals surface area contributed by atoms with Gasteiger partial charge in [0.05, 0.1) is 0 Å². The predicted octanol–water partition coefficient (Wildman–Crippen LogP) is 5.18. The molecule has 0 saturated heterocycles. The quantitative estimate of drug-likeness (QED) is 0.450. The van der Waals surface area contributed by atoms with Crippen LogP contribution in [0.3, 0.4) is 0 Å². The van der Waals surface area contributed by atoms with Gasteiger partial charge in [0.25, 0.3) is 0 Å². The maximum absolute atomic E-state index is 12.2. The Hall–Kier alpha value is -3.13. The molecule has 0 atom stereocenters. The molecule has 3 rings (SSSR count). The lowest BCUT2D eigenvalue weighted by Gasteiger charge is -2.11. The first kappa shape index (κ1) is 19.6. The van der Waals surface area contributed by atoms with E-state index in [0.717, 1.165) is 11.8 Å². The van der Waals surface area contributed by atoms with Crippen molar-refractivity contribution in [1.82, 2.24) is 9.97 Å². The van der Waals surface area contributed by atoms with Crippen molar-refractivity contribution in [3.8, 4) is 17.1 Å². The highest BCUT2D eigenvalue weighted by Gasteiger charge is 2.30. The number of carbonyl (C=O) groups excluding carboxylic acids is 1. The van der Waals surface area contributed by atoms with E-state index in [-0.39, 0.29) is 17.3 Å². The molecule has 0 aliphatic rings. The van der Waals surface area contributed by atoms with E-state index in [1.54, 1.807) is 18.2 Å². The number of hydrogen-bond donors (Lipinski definition) is 1. The van der Waals surface area contributed by atoms with Crippen LogP contribution in [0.2, 0.25) is 5.15 Å². The molecule has 5 nitrogen and oxygen atoms in total. The fourth-order valence-corrected chi connectivity index (χ4v) is 2.62. The van der Waals surface area contributed by atoms with Crippen LogP contribution >= 0.6 is 11.6 Å². The zero-order valence-electron chi connectivity index (χ0n) is 14.2. The standard InChI is InChI=1S/C19H13ClF3N3O2/c20-16-11-17(24-14-4-6-15(7-5-14)28-19(21,22)23)26-18(25-16)13-3-1-2-12(10-13)8-9-27/h1-7,9-11H,8H2,(H,24,25,26). The van der Waals surface area contributed by atoms with Crippen molar-refractivity contribution in [3.63, 3.8) is 0 Å². The summed E-state index contributed by atoms with van der Waals surface area (Å²) < 4.78 is 40.5. The van der Waals surface area contributed by atoms with E-state index in [4.69, 9.17) is 11.6 Å². The summed E-state index contributed by atoms with van der Waals surface area (Å²) in [7, 11) is 0. The Morgan fingerprint density at radius 3 is 2.50 bits per heavy atom. The predicted molar refractivity (Wildman–Crippen MR) is 98.7 cm³/mol. The molecule has 2 aromatic carbocycles. The second-order valence-corrected chi connectivity index (χ2v) is 6.06. The highest BCUT2D eigenvalue weighted by atomic mass is 35.5. The van der Waals surface area contributed by atoms with Crippen LogP contribution in [0.1, 0.15) is 5.56 Å². The molecule has 0 aliphatic carbocycles. The number of nitrogens with one attached hydrogen (secondary N) is 1. The van der Waals surface area contributed by atoms with Crippen molar-refractivity contribution >= 4 is 29.4 Å². The Morgan fingerprint density at radius 2 is 1.82 bits per heavy atom. The molecule has 1 aromatic heterocycles. The lowest BCUT2D eigenvalue weighted by atomic mass is 10.1. The summed E-state index contributed by atoms with van der Waals surface area (Å²) in [4.78, 5) is 19.3. The summed E-state index contributed by atoms with van der Waals surface area (Å²) in [6.07, 6.45) is -3.68. The number of halogens is 4. The number of aromatic nitrogens is 2. The molecule has 0 unspecified atom stereocenters. The molecule has 0 amide bonds. The van der Waals surface area contributed by atoms with E-state index in [1.165, 1.54) is 30.3 Å². The van der Waals surface area contributed by atoms with E-state index in [2.05, 4.69) is 20.0 Å². The van der Waals surface area contributed by atoms with Crippen molar-refractivity contribution < 1.29 is 22.7 Å². The molecule has 0 saturated carbocycles. The van der Waals surface area contributed by atoms with Gasteiger partial charge in [-0.2, -0.15) is 0 Å². The first-order chi connectivity index (χ1) is 13.3. The molecule has 9 heteroatoms. The molecular formula is C19H13ClF3N3O2. The third-order valence-electron chi connectivity index (χ3n) is 3.56. The normalized spacial score (nSPS) is 11.1. The summed E-state index contributed by atoms with van der Waals surface area (Å²) in [5, 5.41) is 3.14. The van der Waals surface area contributed by atoms with Gasteiger partial charge >= 0.3 is 6.36 Å². The van der Waals surface area contributed by atoms with Gasteiger partial charge in [0, 0.05) is 23.7 Å². The molecule has 1 N–H and O–H groups in total. The third kappa shape index (κ3) is 5.43. The summed E-state index contributed by atoms with van der Waals surface area (Å²) >= 11 is 6.07. The maximum Gasteiger partial charge on any atom is 0.573 e. The first-order valence-corrected chi connectivity index (χ1v) is 8.40. The van der Waals surface area contributed by atoms with Gasteiger partial charge in [0.15, 0.2) is 5.82 Å². The van der Waals surface area contributed by atoms with E-state index in [0.29, 0.717) is 22.9 Å². The number of carbonyl (C=O) groups is 1. The zero-order chi connectivity index (χ0) is 20.1. The van der Waals surface area contributed by atoms with E-state index in [9.17, 15) is 18.0 Å². The van der Waals surface area contributed by atoms with Crippen molar-refractivity contribution in [2.75, 3.05) is 5.32 Å². The van der Waals surface area contributed by atoms with Crippen molar-refractivity contribution in [1.29, 1.82) is 0 Å². The summed E-state index contributed by atoms with van der Waals surface area (Å²) in [5.41, 5.74) is 1.98. The molecule has 0 radical (unpaired) electrons. The van der Waals surface area contributed by atoms with Crippen LogP contribution in [-0.2, 0) is 11.2 Å². The number of aldehydes is 1. The van der Waals surface area contributed by atoms with Crippen LogP contribution in [0, 0.1) is 0 Å². The Kier molecular flexibility index (Phi) is 5.79. The lowest BCUT2D eigenvalue weighted by molar-refractivity contribution is -0.274. The molecule has 0 aliphatic heterocycles. The molecule has 144 valence electrons. The van der Waals surface area contributed by atoms with Gasteiger partial charge in [0.2, 0.25) is 0 Å². The Balaban J connectivity index is 1.82. The van der Waals surface area contributed by atoms with Crippen molar-refractivity contribution in [3.05, 3.63) is 65.3 Å². The van der Waals surface area contributed by atoms with E-state index >= 15 is 0 Å². The van der Waals surface area contributed by atoms with Crippen LogP contribution in [0.4, 0.5) is 24.7 Å². The fraction of sp³-hybridized carbons (Fsp3) is 0.105. The summed E-state index contributed by atoms with van der Waals surface area (Å²) in [6.45, 7) is 0. The van der Waals surface area contributed by atoms with Gasteiger partial charge in [-0.25, -0.2) is 9.97 Å². The maximum atomic E-state index is 12.2. The van der Waals surface area contributed by atoms with Crippen molar-refractivity contribution in [2.45, 2.75) is 12.8 Å². The molecule has 0 fully saturated rings. The molecule has 3 aromatic rings. The minimum Gasteiger partial charge on any atom is -0.406 e. The smallest absolute Gasteiger partial charge is 0.406 e. The van der Waals surface area contributed by atoms with Crippen LogP contribution in [0.5, 0.6) is 5.75 Å². The van der Waals surface area contributed by atoms with Gasteiger partial charge < -0.3 is 14.8 Å². The molecular weight excluding hydrogens is 395 g/mol. The topological polar surface area (TPSA) is 64.1 Å². The number of rotatable bonds is 6. The van der Waals surface area contributed by atoms with Crippen LogP contribution in [0.25, 0.3) is 11.4 Å². The molecule has 1 heterocycles. The highest BCUT2D eigenvalue weighted by Crippen LogP contribution is 2.26. The number of anilines is 2. The fourth-order valence-electron chi connectivity index (χ4n) is 2.43. The van der Waals surface area contributed by atoms with Crippen LogP contribution < -0.4 is 10.1 Å². The molecule has 0 spiro atoms. The molecule has 0 bridgehead atoms. The third-order valence-corrected chi connectivity index (χ3v) is 3.75. The van der Waals surface area contributed by atoms with Gasteiger partial charge in [-0.3, -0.25) is 0 Å². The second kappa shape index (κ2) is 8.26. The number of nitrogens with zero attached hydrogens (tertiary/aromatic N) is 2. The second-order valence-electron chi connectivity index (χ2n) is 5.67. The van der Waals surface area contributed by atoms with Gasteiger partial charge in [-0.15, -0.1) is 13.2 Å².